The molecule has 0 aliphatic carbocycles. The lowest BCUT2D eigenvalue weighted by Crippen LogP contribution is -2.00. The number of hydrogen-bond acceptors (Lipinski definition) is 2. The van der Waals surface area contributed by atoms with Gasteiger partial charge in [-0.2, -0.15) is 0 Å². The van der Waals surface area contributed by atoms with E-state index in [0.29, 0.717) is 4.64 Å². The summed E-state index contributed by atoms with van der Waals surface area (Å²) in [5.41, 5.74) is 3.52. The van der Waals surface area contributed by atoms with Gasteiger partial charge in [-0.05, 0) is 35.3 Å². The highest BCUT2D eigenvalue weighted by atomic mass is 79.9. The summed E-state index contributed by atoms with van der Waals surface area (Å²) in [5.74, 6) is 0.904. The number of aromatic amines is 1. The van der Waals surface area contributed by atoms with Gasteiger partial charge in [0, 0.05) is 12.1 Å². The fourth-order valence-corrected chi connectivity index (χ4v) is 2.18. The van der Waals surface area contributed by atoms with Crippen LogP contribution in [0.1, 0.15) is 22.6 Å². The second kappa shape index (κ2) is 5.10. The number of aromatic nitrogens is 2. The van der Waals surface area contributed by atoms with Gasteiger partial charge in [-0.25, -0.2) is 4.98 Å². The summed E-state index contributed by atoms with van der Waals surface area (Å²) in [4.78, 5) is 7.63. The topological polar surface area (TPSA) is 28.7 Å². The van der Waals surface area contributed by atoms with E-state index >= 15 is 0 Å². The Morgan fingerprint density at radius 3 is 2.76 bits per heavy atom. The molecule has 1 aromatic carbocycles. The monoisotopic (exact) mass is 308 g/mol. The molecule has 0 saturated carbocycles. The van der Waals surface area contributed by atoms with Gasteiger partial charge in [0.1, 0.15) is 10.5 Å². The number of hydrogen-bond donors (Lipinski definition) is 1. The van der Waals surface area contributed by atoms with Gasteiger partial charge in [-0.15, -0.1) is 0 Å². The van der Waals surface area contributed by atoms with E-state index in [4.69, 9.17) is 12.2 Å². The second-order valence-electron chi connectivity index (χ2n) is 4.09. The second-order valence-corrected chi connectivity index (χ2v) is 5.27. The Hall–Kier alpha value is -1.00. The highest BCUT2D eigenvalue weighted by molar-refractivity contribution is 9.10. The molecule has 0 unspecified atom stereocenters. The molecule has 0 spiro atoms. The zero-order valence-corrected chi connectivity index (χ0v) is 12.2. The van der Waals surface area contributed by atoms with Crippen LogP contribution in [0.2, 0.25) is 0 Å². The molecule has 2 nitrogen and oxygen atoms in total. The summed E-state index contributed by atoms with van der Waals surface area (Å²) in [5, 5.41) is 0. The van der Waals surface area contributed by atoms with Crippen LogP contribution >= 0.6 is 28.1 Å². The molecule has 0 fully saturated rings. The van der Waals surface area contributed by atoms with E-state index in [1.165, 1.54) is 11.1 Å². The molecular formula is C13H13BrN2S. The Labute approximate surface area is 114 Å². The van der Waals surface area contributed by atoms with Crippen LogP contribution < -0.4 is 0 Å². The SMILES string of the molecule is Cc1cccc(Cc2nc(=S)c(Br)c(C)[nH]2)c1. The minimum absolute atomic E-state index is 0.615. The van der Waals surface area contributed by atoms with Crippen LogP contribution in [0.5, 0.6) is 0 Å². The number of aryl methyl sites for hydroxylation is 2. The smallest absolute Gasteiger partial charge is 0.144 e. The maximum atomic E-state index is 5.19. The molecule has 0 aliphatic heterocycles. The molecule has 2 rings (SSSR count). The summed E-state index contributed by atoms with van der Waals surface area (Å²) in [6, 6.07) is 8.41. The largest absolute Gasteiger partial charge is 0.346 e. The van der Waals surface area contributed by atoms with Crippen molar-refractivity contribution in [1.29, 1.82) is 0 Å². The Bertz CT molecular complexity index is 605. The van der Waals surface area contributed by atoms with Crippen molar-refractivity contribution in [3.05, 3.63) is 56.0 Å². The molecule has 1 heterocycles. The van der Waals surface area contributed by atoms with Crippen molar-refractivity contribution in [2.75, 3.05) is 0 Å². The molecule has 0 aliphatic rings. The zero-order valence-electron chi connectivity index (χ0n) is 9.75. The maximum absolute atomic E-state index is 5.19. The summed E-state index contributed by atoms with van der Waals surface area (Å²) < 4.78 is 1.49. The molecule has 0 bridgehead atoms. The molecule has 2 aromatic rings. The van der Waals surface area contributed by atoms with Crippen molar-refractivity contribution in [1.82, 2.24) is 9.97 Å². The summed E-state index contributed by atoms with van der Waals surface area (Å²) in [7, 11) is 0. The first kappa shape index (κ1) is 12.5. The normalized spacial score (nSPS) is 10.5. The lowest BCUT2D eigenvalue weighted by molar-refractivity contribution is 0.925. The fourth-order valence-electron chi connectivity index (χ4n) is 1.73. The van der Waals surface area contributed by atoms with Gasteiger partial charge < -0.3 is 4.98 Å². The third-order valence-corrected chi connectivity index (χ3v) is 4.07. The minimum atomic E-state index is 0.615. The third-order valence-electron chi connectivity index (χ3n) is 2.54. The molecule has 88 valence electrons. The lowest BCUT2D eigenvalue weighted by atomic mass is 10.1. The molecule has 0 atom stereocenters. The average molecular weight is 309 g/mol. The van der Waals surface area contributed by atoms with Crippen LogP contribution in [0.3, 0.4) is 0 Å². The average Bonchev–Trinajstić information content (AvgIpc) is 2.26. The van der Waals surface area contributed by atoms with E-state index in [2.05, 4.69) is 57.1 Å². The fraction of sp³-hybridized carbons (Fsp3) is 0.231. The first-order valence-corrected chi connectivity index (χ1v) is 6.57. The molecule has 1 aromatic heterocycles. The van der Waals surface area contributed by atoms with Crippen LogP contribution in [-0.2, 0) is 6.42 Å². The van der Waals surface area contributed by atoms with Crippen molar-refractivity contribution >= 4 is 28.1 Å². The quantitative estimate of drug-likeness (QED) is 0.846. The van der Waals surface area contributed by atoms with Crippen LogP contribution in [0.25, 0.3) is 0 Å². The number of halogens is 1. The highest BCUT2D eigenvalue weighted by Crippen LogP contribution is 2.16. The van der Waals surface area contributed by atoms with Gasteiger partial charge >= 0.3 is 0 Å². The van der Waals surface area contributed by atoms with Crippen LogP contribution in [0, 0.1) is 18.5 Å². The predicted molar refractivity (Wildman–Crippen MR) is 75.8 cm³/mol. The molecule has 1 N–H and O–H groups in total. The van der Waals surface area contributed by atoms with Gasteiger partial charge in [0.2, 0.25) is 0 Å². The Kier molecular flexibility index (Phi) is 3.74. The number of nitrogens with zero attached hydrogens (tertiary/aromatic N) is 1. The standard InChI is InChI=1S/C13H13BrN2S/c1-8-4-3-5-10(6-8)7-11-15-9(2)12(14)13(17)16-11/h3-6H,7H2,1-2H3,(H,15,16,17). The molecule has 0 radical (unpaired) electrons. The van der Waals surface area contributed by atoms with Crippen molar-refractivity contribution in [2.45, 2.75) is 20.3 Å². The Morgan fingerprint density at radius 1 is 1.35 bits per heavy atom. The van der Waals surface area contributed by atoms with Gasteiger partial charge in [0.25, 0.3) is 0 Å². The van der Waals surface area contributed by atoms with Crippen LogP contribution in [-0.4, -0.2) is 9.97 Å². The number of rotatable bonds is 2. The third kappa shape index (κ3) is 3.01. The van der Waals surface area contributed by atoms with E-state index in [0.717, 1.165) is 22.4 Å². The summed E-state index contributed by atoms with van der Waals surface area (Å²) in [6.45, 7) is 4.08. The molecular weight excluding hydrogens is 296 g/mol. The van der Waals surface area contributed by atoms with Crippen molar-refractivity contribution in [3.63, 3.8) is 0 Å². The van der Waals surface area contributed by atoms with Crippen LogP contribution in [0.15, 0.2) is 28.7 Å². The minimum Gasteiger partial charge on any atom is -0.346 e. The van der Waals surface area contributed by atoms with Crippen molar-refractivity contribution in [2.24, 2.45) is 0 Å². The van der Waals surface area contributed by atoms with Crippen molar-refractivity contribution < 1.29 is 0 Å². The number of H-pyrrole nitrogens is 1. The predicted octanol–water partition coefficient (Wildman–Crippen LogP) is 4.11. The first-order valence-electron chi connectivity index (χ1n) is 5.37. The lowest BCUT2D eigenvalue weighted by Gasteiger charge is -2.05. The van der Waals surface area contributed by atoms with E-state index < -0.39 is 0 Å². The molecule has 4 heteroatoms. The number of benzene rings is 1. The van der Waals surface area contributed by atoms with Crippen LogP contribution in [0.4, 0.5) is 0 Å². The highest BCUT2D eigenvalue weighted by Gasteiger charge is 2.03. The van der Waals surface area contributed by atoms with Gasteiger partial charge in [0.15, 0.2) is 0 Å². The maximum Gasteiger partial charge on any atom is 0.144 e. The van der Waals surface area contributed by atoms with E-state index in [-0.39, 0.29) is 0 Å². The Balaban J connectivity index is 2.34. The molecule has 0 saturated heterocycles. The van der Waals surface area contributed by atoms with E-state index in [9.17, 15) is 0 Å². The van der Waals surface area contributed by atoms with Crippen molar-refractivity contribution in [3.8, 4) is 0 Å². The van der Waals surface area contributed by atoms with Gasteiger partial charge in [0.05, 0.1) is 4.47 Å². The summed E-state index contributed by atoms with van der Waals surface area (Å²) in [6.07, 6.45) is 0.777. The van der Waals surface area contributed by atoms with E-state index in [1.54, 1.807) is 0 Å². The zero-order chi connectivity index (χ0) is 12.4. The van der Waals surface area contributed by atoms with Gasteiger partial charge in [-0.1, -0.05) is 42.0 Å². The number of nitrogens with one attached hydrogen (secondary N) is 1. The summed E-state index contributed by atoms with van der Waals surface area (Å²) >= 11 is 8.60. The molecule has 17 heavy (non-hydrogen) atoms. The van der Waals surface area contributed by atoms with E-state index in [1.807, 2.05) is 6.92 Å². The van der Waals surface area contributed by atoms with Gasteiger partial charge in [-0.3, -0.25) is 0 Å². The molecule has 0 amide bonds. The first-order chi connectivity index (χ1) is 8.06. The Morgan fingerprint density at radius 2 is 2.12 bits per heavy atom.